The van der Waals surface area contributed by atoms with E-state index in [-0.39, 0.29) is 0 Å². The number of anilines is 2. The Morgan fingerprint density at radius 1 is 1.11 bits per heavy atom. The van der Waals surface area contributed by atoms with Gasteiger partial charge in [0.15, 0.2) is 0 Å². The van der Waals surface area contributed by atoms with Gasteiger partial charge in [0.1, 0.15) is 0 Å². The number of nitrogens with one attached hydrogen (secondary N) is 1. The molecule has 1 aliphatic rings. The lowest BCUT2D eigenvalue weighted by atomic mass is 10.1. The molecular formula is C15H18N4. The molecule has 0 saturated heterocycles. The molecule has 0 amide bonds. The van der Waals surface area contributed by atoms with Crippen LogP contribution in [0.25, 0.3) is 11.3 Å². The molecular weight excluding hydrogens is 236 g/mol. The minimum atomic E-state index is 0.575. The van der Waals surface area contributed by atoms with Crippen LogP contribution in [0.15, 0.2) is 36.5 Å². The van der Waals surface area contributed by atoms with Crippen molar-refractivity contribution in [1.29, 1.82) is 0 Å². The summed E-state index contributed by atoms with van der Waals surface area (Å²) in [4.78, 5) is 10.9. The van der Waals surface area contributed by atoms with Crippen LogP contribution in [0.2, 0.25) is 0 Å². The summed E-state index contributed by atoms with van der Waals surface area (Å²) >= 11 is 0. The number of aromatic nitrogens is 2. The van der Waals surface area contributed by atoms with Crippen molar-refractivity contribution in [3.63, 3.8) is 0 Å². The molecule has 1 aliphatic carbocycles. The Balaban J connectivity index is 1.83. The first-order valence-electron chi connectivity index (χ1n) is 6.60. The molecule has 0 aliphatic heterocycles. The third-order valence-electron chi connectivity index (χ3n) is 3.25. The lowest BCUT2D eigenvalue weighted by molar-refractivity contribution is 1.06. The topological polar surface area (TPSA) is 41.1 Å². The average molecular weight is 254 g/mol. The van der Waals surface area contributed by atoms with Gasteiger partial charge in [-0.25, -0.2) is 9.97 Å². The van der Waals surface area contributed by atoms with E-state index in [1.165, 1.54) is 18.5 Å². The third-order valence-corrected chi connectivity index (χ3v) is 3.25. The molecule has 4 heteroatoms. The van der Waals surface area contributed by atoms with Crippen molar-refractivity contribution in [1.82, 2.24) is 9.97 Å². The summed E-state index contributed by atoms with van der Waals surface area (Å²) in [7, 11) is 4.08. The van der Waals surface area contributed by atoms with Crippen LogP contribution in [-0.4, -0.2) is 30.1 Å². The van der Waals surface area contributed by atoms with Gasteiger partial charge in [0.25, 0.3) is 0 Å². The van der Waals surface area contributed by atoms with Gasteiger partial charge in [-0.2, -0.15) is 0 Å². The Hall–Kier alpha value is -2.10. The molecule has 1 aromatic carbocycles. The average Bonchev–Trinajstić information content (AvgIpc) is 3.23. The highest BCUT2D eigenvalue weighted by atomic mass is 15.1. The second-order valence-electron chi connectivity index (χ2n) is 5.13. The summed E-state index contributed by atoms with van der Waals surface area (Å²) in [5, 5.41) is 3.33. The summed E-state index contributed by atoms with van der Waals surface area (Å²) in [6.07, 6.45) is 4.27. The first-order valence-corrected chi connectivity index (χ1v) is 6.60. The van der Waals surface area contributed by atoms with E-state index in [4.69, 9.17) is 0 Å². The smallest absolute Gasteiger partial charge is 0.223 e. The van der Waals surface area contributed by atoms with Gasteiger partial charge >= 0.3 is 0 Å². The number of benzene rings is 1. The molecule has 1 aromatic heterocycles. The van der Waals surface area contributed by atoms with E-state index in [1.54, 1.807) is 0 Å². The molecule has 3 rings (SSSR count). The molecule has 4 nitrogen and oxygen atoms in total. The Labute approximate surface area is 113 Å². The van der Waals surface area contributed by atoms with Crippen molar-refractivity contribution < 1.29 is 0 Å². The predicted molar refractivity (Wildman–Crippen MR) is 78.4 cm³/mol. The van der Waals surface area contributed by atoms with E-state index >= 15 is 0 Å². The van der Waals surface area contributed by atoms with Gasteiger partial charge in [-0.3, -0.25) is 0 Å². The largest absolute Gasteiger partial charge is 0.378 e. The van der Waals surface area contributed by atoms with E-state index in [1.807, 2.05) is 26.4 Å². The molecule has 0 unspecified atom stereocenters. The molecule has 1 heterocycles. The number of nitrogens with zero attached hydrogens (tertiary/aromatic N) is 3. The van der Waals surface area contributed by atoms with E-state index in [0.29, 0.717) is 6.04 Å². The standard InChI is InChI=1S/C15H18N4/c1-19(2)13-7-3-11(4-8-13)14-9-10-16-15(18-14)17-12-5-6-12/h3-4,7-10,12H,5-6H2,1-2H3,(H,16,17,18). The van der Waals surface area contributed by atoms with Crippen molar-refractivity contribution >= 4 is 11.6 Å². The quantitative estimate of drug-likeness (QED) is 0.911. The molecule has 0 atom stereocenters. The van der Waals surface area contributed by atoms with Crippen molar-refractivity contribution in [2.24, 2.45) is 0 Å². The van der Waals surface area contributed by atoms with Gasteiger partial charge in [-0.15, -0.1) is 0 Å². The third kappa shape index (κ3) is 2.84. The van der Waals surface area contributed by atoms with Crippen molar-refractivity contribution in [2.75, 3.05) is 24.3 Å². The van der Waals surface area contributed by atoms with E-state index < -0.39 is 0 Å². The Bertz CT molecular complexity index is 559. The fourth-order valence-corrected chi connectivity index (χ4v) is 1.93. The number of rotatable bonds is 4. The summed E-state index contributed by atoms with van der Waals surface area (Å²) in [6.45, 7) is 0. The molecule has 1 fully saturated rings. The maximum Gasteiger partial charge on any atom is 0.223 e. The van der Waals surface area contributed by atoms with E-state index in [9.17, 15) is 0 Å². The molecule has 19 heavy (non-hydrogen) atoms. The monoisotopic (exact) mass is 254 g/mol. The van der Waals surface area contributed by atoms with Gasteiger partial charge in [-0.1, -0.05) is 12.1 Å². The zero-order chi connectivity index (χ0) is 13.2. The summed E-state index contributed by atoms with van der Waals surface area (Å²) in [5.74, 6) is 0.733. The molecule has 2 aromatic rings. The van der Waals surface area contributed by atoms with Gasteiger partial charge in [-0.05, 0) is 31.0 Å². The molecule has 1 N–H and O–H groups in total. The summed E-state index contributed by atoms with van der Waals surface area (Å²) in [6, 6.07) is 10.9. The highest BCUT2D eigenvalue weighted by Gasteiger charge is 2.21. The molecule has 0 bridgehead atoms. The van der Waals surface area contributed by atoms with Crippen LogP contribution >= 0.6 is 0 Å². The minimum absolute atomic E-state index is 0.575. The van der Waals surface area contributed by atoms with Crippen LogP contribution in [0.4, 0.5) is 11.6 Å². The molecule has 1 saturated carbocycles. The van der Waals surface area contributed by atoms with Gasteiger partial charge in [0.2, 0.25) is 5.95 Å². The van der Waals surface area contributed by atoms with Crippen LogP contribution in [0.3, 0.4) is 0 Å². The first-order chi connectivity index (χ1) is 9.22. The molecule has 98 valence electrons. The fourth-order valence-electron chi connectivity index (χ4n) is 1.93. The van der Waals surface area contributed by atoms with Crippen LogP contribution in [0, 0.1) is 0 Å². The molecule has 0 spiro atoms. The van der Waals surface area contributed by atoms with Crippen molar-refractivity contribution in [2.45, 2.75) is 18.9 Å². The van der Waals surface area contributed by atoms with Gasteiger partial charge < -0.3 is 10.2 Å². The summed E-state index contributed by atoms with van der Waals surface area (Å²) < 4.78 is 0. The zero-order valence-corrected chi connectivity index (χ0v) is 11.3. The molecule has 0 radical (unpaired) electrons. The summed E-state index contributed by atoms with van der Waals surface area (Å²) in [5.41, 5.74) is 3.27. The van der Waals surface area contributed by atoms with E-state index in [2.05, 4.69) is 44.5 Å². The number of hydrogen-bond donors (Lipinski definition) is 1. The van der Waals surface area contributed by atoms with Crippen molar-refractivity contribution in [3.8, 4) is 11.3 Å². The lowest BCUT2D eigenvalue weighted by Crippen LogP contribution is -2.08. The Morgan fingerprint density at radius 2 is 1.84 bits per heavy atom. The van der Waals surface area contributed by atoms with Crippen LogP contribution in [0.1, 0.15) is 12.8 Å². The lowest BCUT2D eigenvalue weighted by Gasteiger charge is -2.12. The van der Waals surface area contributed by atoms with Crippen LogP contribution < -0.4 is 10.2 Å². The zero-order valence-electron chi connectivity index (χ0n) is 11.3. The second kappa shape index (κ2) is 4.88. The van der Waals surface area contributed by atoms with Crippen LogP contribution in [-0.2, 0) is 0 Å². The normalized spacial score (nSPS) is 14.2. The first kappa shape index (κ1) is 12.0. The maximum atomic E-state index is 4.56. The highest BCUT2D eigenvalue weighted by Crippen LogP contribution is 2.25. The van der Waals surface area contributed by atoms with Gasteiger partial charge in [0, 0.05) is 37.6 Å². The SMILES string of the molecule is CN(C)c1ccc(-c2ccnc(NC3CC3)n2)cc1. The number of hydrogen-bond acceptors (Lipinski definition) is 4. The Morgan fingerprint density at radius 3 is 2.47 bits per heavy atom. The van der Waals surface area contributed by atoms with Crippen molar-refractivity contribution in [3.05, 3.63) is 36.5 Å². The van der Waals surface area contributed by atoms with Gasteiger partial charge in [0.05, 0.1) is 5.69 Å². The Kier molecular flexibility index (Phi) is 3.07. The van der Waals surface area contributed by atoms with Crippen LogP contribution in [0.5, 0.6) is 0 Å². The fraction of sp³-hybridized carbons (Fsp3) is 0.333. The van der Waals surface area contributed by atoms with E-state index in [0.717, 1.165) is 17.2 Å². The predicted octanol–water partition coefficient (Wildman–Crippen LogP) is 2.78. The maximum absolute atomic E-state index is 4.56. The second-order valence-corrected chi connectivity index (χ2v) is 5.13. The highest BCUT2D eigenvalue weighted by molar-refractivity contribution is 5.63. The minimum Gasteiger partial charge on any atom is -0.378 e.